The van der Waals surface area contributed by atoms with Crippen LogP contribution in [0, 0.1) is 0 Å². The number of β-lactam (4-membered cyclic amide) rings is 1. The quantitative estimate of drug-likeness (QED) is 0.345. The molecule has 0 radical (unpaired) electrons. The number of piperidine rings is 1. The highest BCUT2D eigenvalue weighted by Crippen LogP contribution is 2.33. The number of carbonyl (C=O) groups is 4. The summed E-state index contributed by atoms with van der Waals surface area (Å²) in [6.07, 6.45) is -0.781. The van der Waals surface area contributed by atoms with Crippen LogP contribution >= 0.6 is 0 Å². The van der Waals surface area contributed by atoms with Gasteiger partial charge in [-0.05, 0) is 11.6 Å². The molecule has 0 saturated carbocycles. The fraction of sp³-hybridized carbons (Fsp3) is 0.412. The van der Waals surface area contributed by atoms with Crippen molar-refractivity contribution in [3.05, 3.63) is 29.8 Å². The SMILES string of the molecule is CO[C@@H]1C[C@H]2[C@H](NC(=O)Cc3ccccc3N)C(=O)N2[C@@H](C(=O)O)C1=O. The lowest BCUT2D eigenvalue weighted by molar-refractivity contribution is -0.180. The smallest absolute Gasteiger partial charge is 0.334 e. The molecule has 4 atom stereocenters. The largest absolute Gasteiger partial charge is 0.479 e. The van der Waals surface area contributed by atoms with Gasteiger partial charge < -0.3 is 25.8 Å². The minimum absolute atomic E-state index is 0.00182. The Morgan fingerprint density at radius 2 is 2.04 bits per heavy atom. The van der Waals surface area contributed by atoms with Crippen LogP contribution in [0.2, 0.25) is 0 Å². The standard InChI is InChI=1S/C17H19N3O6/c1-26-11-7-10-13(16(23)20(10)14(15(11)22)17(24)25)19-12(21)6-8-4-2-3-5-9(8)18/h2-5,10-11,13-14H,6-7,18H2,1H3,(H,19,21)(H,24,25)/t10-,11+,13-,14+/m0/s1. The summed E-state index contributed by atoms with van der Waals surface area (Å²) in [4.78, 5) is 49.2. The molecule has 1 aromatic carbocycles. The molecule has 2 fully saturated rings. The first-order valence-electron chi connectivity index (χ1n) is 8.09. The number of carboxylic acid groups (broad SMARTS) is 1. The van der Waals surface area contributed by atoms with E-state index < -0.39 is 47.8 Å². The number of para-hydroxylation sites is 1. The predicted octanol–water partition coefficient (Wildman–Crippen LogP) is -1.05. The van der Waals surface area contributed by atoms with Gasteiger partial charge in [-0.25, -0.2) is 4.79 Å². The number of carboxylic acids is 1. The summed E-state index contributed by atoms with van der Waals surface area (Å²) < 4.78 is 5.06. The molecule has 138 valence electrons. The lowest BCUT2D eigenvalue weighted by atomic mass is 9.80. The van der Waals surface area contributed by atoms with Gasteiger partial charge in [0.25, 0.3) is 0 Å². The highest BCUT2D eigenvalue weighted by Gasteiger charge is 2.59. The average Bonchev–Trinajstić information content (AvgIpc) is 2.61. The maximum Gasteiger partial charge on any atom is 0.334 e. The number of nitrogens with one attached hydrogen (secondary N) is 1. The van der Waals surface area contributed by atoms with Gasteiger partial charge in [0.2, 0.25) is 11.8 Å². The molecule has 9 heteroatoms. The van der Waals surface area contributed by atoms with Crippen LogP contribution in [0.15, 0.2) is 24.3 Å². The normalized spacial score (nSPS) is 27.5. The van der Waals surface area contributed by atoms with Crippen LogP contribution in [-0.4, -0.2) is 64.9 Å². The molecule has 26 heavy (non-hydrogen) atoms. The Balaban J connectivity index is 1.71. The predicted molar refractivity (Wildman–Crippen MR) is 89.0 cm³/mol. The number of rotatable bonds is 5. The summed E-state index contributed by atoms with van der Waals surface area (Å²) in [6.45, 7) is 0. The number of hydrogen-bond donors (Lipinski definition) is 3. The number of aliphatic carboxylic acids is 1. The van der Waals surface area contributed by atoms with Crippen molar-refractivity contribution in [1.29, 1.82) is 0 Å². The Morgan fingerprint density at radius 3 is 2.65 bits per heavy atom. The lowest BCUT2D eigenvalue weighted by Crippen LogP contribution is -2.79. The second-order valence-electron chi connectivity index (χ2n) is 6.34. The number of nitrogen functional groups attached to an aromatic ring is 1. The number of ketones is 1. The molecule has 2 heterocycles. The van der Waals surface area contributed by atoms with Crippen LogP contribution in [0.3, 0.4) is 0 Å². The third-order valence-corrected chi connectivity index (χ3v) is 4.82. The molecular weight excluding hydrogens is 342 g/mol. The third-order valence-electron chi connectivity index (χ3n) is 4.82. The number of benzene rings is 1. The van der Waals surface area contributed by atoms with Gasteiger partial charge in [0.05, 0.1) is 12.5 Å². The Kier molecular flexibility index (Phi) is 4.64. The summed E-state index contributed by atoms with van der Waals surface area (Å²) in [6, 6.07) is 3.84. The van der Waals surface area contributed by atoms with Gasteiger partial charge in [-0.3, -0.25) is 14.4 Å². The van der Waals surface area contributed by atoms with Crippen molar-refractivity contribution in [3.8, 4) is 0 Å². The van der Waals surface area contributed by atoms with E-state index in [4.69, 9.17) is 10.5 Å². The molecule has 2 saturated heterocycles. The molecule has 0 aromatic heterocycles. The molecule has 1 aromatic rings. The lowest BCUT2D eigenvalue weighted by Gasteiger charge is -2.53. The zero-order valence-corrected chi connectivity index (χ0v) is 14.0. The number of fused-ring (bicyclic) bond motifs is 1. The molecule has 2 amide bonds. The van der Waals surface area contributed by atoms with Crippen molar-refractivity contribution in [1.82, 2.24) is 10.2 Å². The highest BCUT2D eigenvalue weighted by atomic mass is 16.5. The summed E-state index contributed by atoms with van der Waals surface area (Å²) in [7, 11) is 1.31. The zero-order chi connectivity index (χ0) is 19.0. The van der Waals surface area contributed by atoms with Crippen LogP contribution in [0.1, 0.15) is 12.0 Å². The number of Topliss-reactive ketones (excluding diaryl/α,β-unsaturated/α-hetero) is 1. The maximum atomic E-state index is 12.3. The second kappa shape index (κ2) is 6.75. The second-order valence-corrected chi connectivity index (χ2v) is 6.34. The molecule has 4 N–H and O–H groups in total. The Morgan fingerprint density at radius 1 is 1.35 bits per heavy atom. The van der Waals surface area contributed by atoms with Gasteiger partial charge in [-0.1, -0.05) is 18.2 Å². The van der Waals surface area contributed by atoms with Crippen molar-refractivity contribution in [2.75, 3.05) is 12.8 Å². The molecule has 2 aliphatic rings. The molecule has 0 unspecified atom stereocenters. The number of amides is 2. The number of carbonyl (C=O) groups excluding carboxylic acids is 3. The van der Waals surface area contributed by atoms with E-state index in [-0.39, 0.29) is 12.8 Å². The summed E-state index contributed by atoms with van der Waals surface area (Å²) in [5.74, 6) is -3.05. The summed E-state index contributed by atoms with van der Waals surface area (Å²) in [5.41, 5.74) is 6.91. The Bertz CT molecular complexity index is 780. The molecule has 9 nitrogen and oxygen atoms in total. The molecule has 0 bridgehead atoms. The molecule has 0 spiro atoms. The monoisotopic (exact) mass is 361 g/mol. The first kappa shape index (κ1) is 17.9. The van der Waals surface area contributed by atoms with Gasteiger partial charge in [0, 0.05) is 19.2 Å². The van der Waals surface area contributed by atoms with E-state index in [1.165, 1.54) is 7.11 Å². The number of ether oxygens (including phenoxy) is 1. The van der Waals surface area contributed by atoms with Crippen molar-refractivity contribution in [2.45, 2.75) is 37.1 Å². The number of nitrogens with two attached hydrogens (primary N) is 1. The topological polar surface area (TPSA) is 139 Å². The van der Waals surface area contributed by atoms with E-state index in [0.29, 0.717) is 11.3 Å². The zero-order valence-electron chi connectivity index (χ0n) is 14.0. The van der Waals surface area contributed by atoms with Crippen molar-refractivity contribution < 1.29 is 29.0 Å². The van der Waals surface area contributed by atoms with E-state index in [1.807, 2.05) is 0 Å². The van der Waals surface area contributed by atoms with E-state index in [1.54, 1.807) is 24.3 Å². The molecule has 0 aliphatic carbocycles. The average molecular weight is 361 g/mol. The van der Waals surface area contributed by atoms with Gasteiger partial charge in [0.1, 0.15) is 12.1 Å². The van der Waals surface area contributed by atoms with Gasteiger partial charge in [-0.15, -0.1) is 0 Å². The number of hydrogen-bond acceptors (Lipinski definition) is 6. The van der Waals surface area contributed by atoms with Gasteiger partial charge >= 0.3 is 5.97 Å². The van der Waals surface area contributed by atoms with Crippen LogP contribution in [0.5, 0.6) is 0 Å². The van der Waals surface area contributed by atoms with Crippen LogP contribution in [0.25, 0.3) is 0 Å². The fourth-order valence-electron chi connectivity index (χ4n) is 3.49. The van der Waals surface area contributed by atoms with Crippen LogP contribution in [-0.2, 0) is 30.3 Å². The molecule has 2 aliphatic heterocycles. The molecule has 3 rings (SSSR count). The van der Waals surface area contributed by atoms with Crippen LogP contribution < -0.4 is 11.1 Å². The van der Waals surface area contributed by atoms with E-state index in [9.17, 15) is 24.3 Å². The van der Waals surface area contributed by atoms with E-state index >= 15 is 0 Å². The van der Waals surface area contributed by atoms with Gasteiger partial charge in [-0.2, -0.15) is 0 Å². The maximum absolute atomic E-state index is 12.3. The van der Waals surface area contributed by atoms with Crippen LogP contribution in [0.4, 0.5) is 5.69 Å². The van der Waals surface area contributed by atoms with E-state index in [0.717, 1.165) is 4.90 Å². The number of methoxy groups -OCH3 is 1. The fourth-order valence-corrected chi connectivity index (χ4v) is 3.49. The Hall–Kier alpha value is -2.94. The summed E-state index contributed by atoms with van der Waals surface area (Å²) in [5, 5.41) is 11.9. The van der Waals surface area contributed by atoms with Crippen molar-refractivity contribution >= 4 is 29.3 Å². The van der Waals surface area contributed by atoms with Crippen molar-refractivity contribution in [2.24, 2.45) is 0 Å². The minimum atomic E-state index is -1.58. The van der Waals surface area contributed by atoms with Crippen molar-refractivity contribution in [3.63, 3.8) is 0 Å². The first-order chi connectivity index (χ1) is 12.3. The molecular formula is C17H19N3O6. The van der Waals surface area contributed by atoms with Gasteiger partial charge in [0.15, 0.2) is 11.8 Å². The highest BCUT2D eigenvalue weighted by molar-refractivity contribution is 6.11. The number of anilines is 1. The Labute approximate surface area is 149 Å². The number of nitrogens with zero attached hydrogens (tertiary/aromatic N) is 1. The third kappa shape index (κ3) is 2.90. The first-order valence-corrected chi connectivity index (χ1v) is 8.09. The minimum Gasteiger partial charge on any atom is -0.479 e. The van der Waals surface area contributed by atoms with E-state index in [2.05, 4.69) is 5.32 Å². The summed E-state index contributed by atoms with van der Waals surface area (Å²) >= 11 is 0.